The second-order valence-electron chi connectivity index (χ2n) is 7.58. The summed E-state index contributed by atoms with van der Waals surface area (Å²) in [5.74, 6) is 2.13. The van der Waals surface area contributed by atoms with Crippen molar-refractivity contribution in [2.75, 3.05) is 5.32 Å². The number of rotatable bonds is 6. The van der Waals surface area contributed by atoms with Crippen LogP contribution in [0.2, 0.25) is 0 Å². The summed E-state index contributed by atoms with van der Waals surface area (Å²) in [6.07, 6.45) is 8.87. The van der Waals surface area contributed by atoms with Crippen molar-refractivity contribution in [3.63, 3.8) is 0 Å². The Morgan fingerprint density at radius 3 is 2.00 bits per heavy atom. The molecule has 2 saturated carbocycles. The molecule has 0 atom stereocenters. The molecular formula is C20H29N5O. The molecule has 1 N–H and O–H groups in total. The molecule has 0 saturated heterocycles. The van der Waals surface area contributed by atoms with Crippen LogP contribution < -0.4 is 10.1 Å². The number of anilines is 1. The zero-order valence-electron chi connectivity index (χ0n) is 16.1. The molecule has 140 valence electrons. The number of hydrogen-bond acceptors (Lipinski definition) is 6. The Kier molecular flexibility index (Phi) is 6.01. The summed E-state index contributed by atoms with van der Waals surface area (Å²) in [5, 5.41) is 3.21. The second kappa shape index (κ2) is 8.43. The Bertz CT molecular complexity index is 649. The third-order valence-electron chi connectivity index (χ3n) is 4.08. The van der Waals surface area contributed by atoms with Gasteiger partial charge in [0.2, 0.25) is 5.95 Å². The summed E-state index contributed by atoms with van der Waals surface area (Å²) >= 11 is 0. The number of ether oxygens (including phenoxy) is 1. The van der Waals surface area contributed by atoms with Crippen LogP contribution in [-0.4, -0.2) is 32.1 Å². The Labute approximate surface area is 155 Å². The molecule has 2 aromatic heterocycles. The quantitative estimate of drug-likeness (QED) is 0.832. The van der Waals surface area contributed by atoms with Gasteiger partial charge >= 0.3 is 6.01 Å². The van der Waals surface area contributed by atoms with Crippen LogP contribution in [0.25, 0.3) is 0 Å². The molecule has 0 spiro atoms. The largest absolute Gasteiger partial charge is 0.461 e. The van der Waals surface area contributed by atoms with Crippen molar-refractivity contribution in [3.8, 4) is 6.01 Å². The van der Waals surface area contributed by atoms with E-state index in [1.54, 1.807) is 6.20 Å². The second-order valence-corrected chi connectivity index (χ2v) is 7.58. The predicted molar refractivity (Wildman–Crippen MR) is 103 cm³/mol. The molecule has 4 rings (SSSR count). The molecule has 0 aliphatic heterocycles. The van der Waals surface area contributed by atoms with Crippen LogP contribution in [0.5, 0.6) is 6.01 Å². The monoisotopic (exact) mass is 355 g/mol. The number of nitrogens with one attached hydrogen (secondary N) is 1. The number of aromatic nitrogens is 4. The minimum atomic E-state index is 0.148. The molecule has 2 heterocycles. The van der Waals surface area contributed by atoms with E-state index in [-0.39, 0.29) is 6.10 Å². The minimum absolute atomic E-state index is 0.148. The first-order valence-electron chi connectivity index (χ1n) is 9.60. The van der Waals surface area contributed by atoms with Crippen LogP contribution in [0.1, 0.15) is 76.6 Å². The van der Waals surface area contributed by atoms with Crippen molar-refractivity contribution in [3.05, 3.63) is 35.9 Å². The topological polar surface area (TPSA) is 72.8 Å². The van der Waals surface area contributed by atoms with Gasteiger partial charge in [0.05, 0.1) is 11.8 Å². The van der Waals surface area contributed by atoms with E-state index < -0.39 is 0 Å². The van der Waals surface area contributed by atoms with Crippen LogP contribution >= 0.6 is 0 Å². The average molecular weight is 355 g/mol. The molecule has 0 bridgehead atoms. The zero-order valence-corrected chi connectivity index (χ0v) is 16.1. The van der Waals surface area contributed by atoms with Crippen LogP contribution in [0.15, 0.2) is 24.5 Å². The van der Waals surface area contributed by atoms with E-state index in [9.17, 15) is 0 Å². The summed E-state index contributed by atoms with van der Waals surface area (Å²) in [6, 6.07) is 4.91. The van der Waals surface area contributed by atoms with E-state index in [0.29, 0.717) is 23.9 Å². The minimum Gasteiger partial charge on any atom is -0.461 e. The van der Waals surface area contributed by atoms with E-state index >= 15 is 0 Å². The van der Waals surface area contributed by atoms with Gasteiger partial charge < -0.3 is 10.1 Å². The van der Waals surface area contributed by atoms with Gasteiger partial charge in [0, 0.05) is 36.0 Å². The highest BCUT2D eigenvalue weighted by molar-refractivity contribution is 5.28. The van der Waals surface area contributed by atoms with Crippen molar-refractivity contribution < 1.29 is 4.74 Å². The van der Waals surface area contributed by atoms with Gasteiger partial charge in [-0.1, -0.05) is 0 Å². The fraction of sp³-hybridized carbons (Fsp3) is 0.600. The van der Waals surface area contributed by atoms with Gasteiger partial charge in [-0.05, 0) is 65.5 Å². The zero-order chi connectivity index (χ0) is 18.5. The van der Waals surface area contributed by atoms with Crippen molar-refractivity contribution in [2.45, 2.75) is 77.4 Å². The van der Waals surface area contributed by atoms with Gasteiger partial charge in [-0.3, -0.25) is 0 Å². The SMILES string of the molecule is CC(C)Nc1nccc(C2CC2)n1.CC(C)Oc1nccc(C2CC2)n1. The highest BCUT2D eigenvalue weighted by Crippen LogP contribution is 2.39. The number of nitrogens with zero attached hydrogens (tertiary/aromatic N) is 4. The van der Waals surface area contributed by atoms with Gasteiger partial charge in [-0.2, -0.15) is 4.98 Å². The summed E-state index contributed by atoms with van der Waals surface area (Å²) in [7, 11) is 0. The van der Waals surface area contributed by atoms with Crippen molar-refractivity contribution in [1.29, 1.82) is 0 Å². The Hall–Kier alpha value is -2.24. The van der Waals surface area contributed by atoms with Gasteiger partial charge in [0.15, 0.2) is 0 Å². The standard InChI is InChI=1S/C10H15N3.C10H14N2O/c1-7(2)12-10-11-6-5-9(13-10)8-3-4-8;1-7(2)13-10-11-6-5-9(12-10)8-3-4-8/h5-8H,3-4H2,1-2H3,(H,11,12,13);5-8H,3-4H2,1-2H3. The van der Waals surface area contributed by atoms with Crippen molar-refractivity contribution >= 4 is 5.95 Å². The first kappa shape index (κ1) is 18.5. The number of hydrogen-bond donors (Lipinski definition) is 1. The van der Waals surface area contributed by atoms with Crippen LogP contribution in [0, 0.1) is 0 Å². The first-order chi connectivity index (χ1) is 12.5. The third-order valence-corrected chi connectivity index (χ3v) is 4.08. The summed E-state index contributed by atoms with van der Waals surface area (Å²) in [5.41, 5.74) is 2.32. The molecule has 2 fully saturated rings. The van der Waals surface area contributed by atoms with Gasteiger partial charge in [0.1, 0.15) is 0 Å². The maximum absolute atomic E-state index is 5.41. The maximum atomic E-state index is 5.41. The Morgan fingerprint density at radius 2 is 1.46 bits per heavy atom. The summed E-state index contributed by atoms with van der Waals surface area (Å²) in [6.45, 7) is 8.14. The fourth-order valence-electron chi connectivity index (χ4n) is 2.53. The van der Waals surface area contributed by atoms with Crippen LogP contribution in [-0.2, 0) is 0 Å². The average Bonchev–Trinajstić information content (AvgIpc) is 3.48. The molecule has 6 heteroatoms. The van der Waals surface area contributed by atoms with Crippen LogP contribution in [0.4, 0.5) is 5.95 Å². The highest BCUT2D eigenvalue weighted by atomic mass is 16.5. The molecule has 26 heavy (non-hydrogen) atoms. The lowest BCUT2D eigenvalue weighted by molar-refractivity contribution is 0.221. The summed E-state index contributed by atoms with van der Waals surface area (Å²) in [4.78, 5) is 17.0. The lowest BCUT2D eigenvalue weighted by atomic mass is 10.3. The molecule has 0 aromatic carbocycles. The van der Waals surface area contributed by atoms with E-state index in [0.717, 1.165) is 11.6 Å². The highest BCUT2D eigenvalue weighted by Gasteiger charge is 2.26. The van der Waals surface area contributed by atoms with E-state index in [2.05, 4.69) is 39.1 Å². The molecule has 2 aliphatic carbocycles. The predicted octanol–water partition coefficient (Wildman–Crippen LogP) is 4.32. The van der Waals surface area contributed by atoms with Crippen molar-refractivity contribution in [2.24, 2.45) is 0 Å². The lowest BCUT2D eigenvalue weighted by Gasteiger charge is -2.08. The third kappa shape index (κ3) is 5.93. The van der Waals surface area contributed by atoms with E-state index in [1.807, 2.05) is 32.2 Å². The Balaban J connectivity index is 0.000000151. The first-order valence-corrected chi connectivity index (χ1v) is 9.60. The van der Waals surface area contributed by atoms with Crippen molar-refractivity contribution in [1.82, 2.24) is 19.9 Å². The smallest absolute Gasteiger partial charge is 0.316 e. The molecule has 2 aromatic rings. The van der Waals surface area contributed by atoms with E-state index in [4.69, 9.17) is 4.74 Å². The van der Waals surface area contributed by atoms with Crippen LogP contribution in [0.3, 0.4) is 0 Å². The maximum Gasteiger partial charge on any atom is 0.316 e. The lowest BCUT2D eigenvalue weighted by Crippen LogP contribution is -2.12. The molecule has 6 nitrogen and oxygen atoms in total. The molecule has 0 unspecified atom stereocenters. The Morgan fingerprint density at radius 1 is 0.885 bits per heavy atom. The van der Waals surface area contributed by atoms with E-state index in [1.165, 1.54) is 31.4 Å². The van der Waals surface area contributed by atoms with Gasteiger partial charge in [-0.15, -0.1) is 0 Å². The fourth-order valence-corrected chi connectivity index (χ4v) is 2.53. The normalized spacial score (nSPS) is 16.2. The molecular weight excluding hydrogens is 326 g/mol. The molecule has 2 aliphatic rings. The molecule has 0 amide bonds. The van der Waals surface area contributed by atoms with Gasteiger partial charge in [0.25, 0.3) is 0 Å². The molecule has 0 radical (unpaired) electrons. The summed E-state index contributed by atoms with van der Waals surface area (Å²) < 4.78 is 5.41. The van der Waals surface area contributed by atoms with Gasteiger partial charge in [-0.25, -0.2) is 15.0 Å².